The van der Waals surface area contributed by atoms with E-state index in [4.69, 9.17) is 4.74 Å². The monoisotopic (exact) mass is 607 g/mol. The molecule has 6 rings (SSSR count). The van der Waals surface area contributed by atoms with E-state index in [0.29, 0.717) is 38.2 Å². The van der Waals surface area contributed by atoms with Gasteiger partial charge >= 0.3 is 6.09 Å². The standard InChI is InChI=1S/C38H45N3O4/c1-24-5-9-28(10-6-24)17-19-40(31-15-16-31)37(42)35-33(21-32-22-39-23-34(35)41(32)38(43)44)30-13-11-29(12-14-30)18-20-45-36-26(3)8-7-25(2)27(36)4/h5-14,31-32,34,39H,15-23H2,1-4H3,(H,43,44)/t32-,34-/m1/s1. The van der Waals surface area contributed by atoms with E-state index >= 15 is 0 Å². The Morgan fingerprint density at radius 3 is 2.24 bits per heavy atom. The number of carbonyl (C=O) groups is 2. The number of fused-ring (bicyclic) bond motifs is 2. The van der Waals surface area contributed by atoms with Gasteiger partial charge in [-0.15, -0.1) is 0 Å². The van der Waals surface area contributed by atoms with Crippen molar-refractivity contribution in [1.29, 1.82) is 0 Å². The minimum absolute atomic E-state index is 0.0145. The van der Waals surface area contributed by atoms with Crippen LogP contribution < -0.4 is 10.1 Å². The zero-order valence-electron chi connectivity index (χ0n) is 26.9. The van der Waals surface area contributed by atoms with Crippen LogP contribution in [-0.4, -0.2) is 71.3 Å². The highest BCUT2D eigenvalue weighted by molar-refractivity contribution is 6.04. The lowest BCUT2D eigenvalue weighted by atomic mass is 9.81. The third kappa shape index (κ3) is 6.64. The molecule has 45 heavy (non-hydrogen) atoms. The highest BCUT2D eigenvalue weighted by atomic mass is 16.5. The summed E-state index contributed by atoms with van der Waals surface area (Å²) in [5.74, 6) is 0.951. The van der Waals surface area contributed by atoms with Crippen molar-refractivity contribution in [3.05, 3.63) is 105 Å². The SMILES string of the molecule is Cc1ccc(CCN(C(=O)C2=C(c3ccc(CCOc4c(C)ccc(C)c4C)cc3)C[C@@H]3CNC[C@H]2N3C(=O)O)C2CC2)cc1. The summed E-state index contributed by atoms with van der Waals surface area (Å²) in [7, 11) is 0. The van der Waals surface area contributed by atoms with Crippen LogP contribution in [-0.2, 0) is 17.6 Å². The predicted molar refractivity (Wildman–Crippen MR) is 178 cm³/mol. The third-order valence-corrected chi connectivity index (χ3v) is 9.82. The number of rotatable bonds is 10. The summed E-state index contributed by atoms with van der Waals surface area (Å²) in [4.78, 5) is 30.6. The zero-order chi connectivity index (χ0) is 31.7. The number of nitrogens with one attached hydrogen (secondary N) is 1. The first-order valence-corrected chi connectivity index (χ1v) is 16.3. The predicted octanol–water partition coefficient (Wildman–Crippen LogP) is 6.25. The highest BCUT2D eigenvalue weighted by Gasteiger charge is 2.46. The molecule has 236 valence electrons. The number of amides is 2. The van der Waals surface area contributed by atoms with E-state index in [9.17, 15) is 14.7 Å². The highest BCUT2D eigenvalue weighted by Crippen LogP contribution is 2.39. The maximum Gasteiger partial charge on any atom is 0.408 e. The minimum Gasteiger partial charge on any atom is -0.493 e. The number of nitrogens with zero attached hydrogens (tertiary/aromatic N) is 2. The van der Waals surface area contributed by atoms with Crippen LogP contribution in [0.2, 0.25) is 0 Å². The quantitative estimate of drug-likeness (QED) is 0.285. The molecule has 2 fully saturated rings. The lowest BCUT2D eigenvalue weighted by molar-refractivity contribution is -0.128. The van der Waals surface area contributed by atoms with Gasteiger partial charge in [0.2, 0.25) is 0 Å². The van der Waals surface area contributed by atoms with Gasteiger partial charge in [-0.3, -0.25) is 9.69 Å². The van der Waals surface area contributed by atoms with Crippen LogP contribution in [0, 0.1) is 27.7 Å². The number of ether oxygens (including phenoxy) is 1. The second-order valence-corrected chi connectivity index (χ2v) is 13.0. The summed E-state index contributed by atoms with van der Waals surface area (Å²) in [5.41, 5.74) is 9.77. The van der Waals surface area contributed by atoms with Crippen LogP contribution in [0.3, 0.4) is 0 Å². The molecule has 2 heterocycles. The van der Waals surface area contributed by atoms with Gasteiger partial charge in [0, 0.05) is 37.7 Å². The van der Waals surface area contributed by atoms with Gasteiger partial charge in [0.1, 0.15) is 5.75 Å². The Balaban J connectivity index is 1.26. The van der Waals surface area contributed by atoms with Gasteiger partial charge in [0.15, 0.2) is 0 Å². The Morgan fingerprint density at radius 1 is 0.889 bits per heavy atom. The second-order valence-electron chi connectivity index (χ2n) is 13.0. The molecule has 1 saturated carbocycles. The molecule has 7 nitrogen and oxygen atoms in total. The number of piperazine rings is 1. The van der Waals surface area contributed by atoms with Crippen molar-refractivity contribution in [1.82, 2.24) is 15.1 Å². The fourth-order valence-corrected chi connectivity index (χ4v) is 6.92. The van der Waals surface area contributed by atoms with E-state index in [0.717, 1.165) is 53.7 Å². The molecule has 1 aliphatic carbocycles. The summed E-state index contributed by atoms with van der Waals surface area (Å²) in [5, 5.41) is 13.6. The van der Waals surface area contributed by atoms with Crippen LogP contribution in [0.1, 0.15) is 58.2 Å². The molecule has 3 aromatic rings. The molecule has 2 aliphatic heterocycles. The Labute approximate surface area is 266 Å². The van der Waals surface area contributed by atoms with E-state index in [2.05, 4.69) is 93.7 Å². The molecule has 0 unspecified atom stereocenters. The van der Waals surface area contributed by atoms with Gasteiger partial charge in [-0.25, -0.2) is 4.79 Å². The van der Waals surface area contributed by atoms with Gasteiger partial charge in [-0.2, -0.15) is 0 Å². The van der Waals surface area contributed by atoms with Crippen LogP contribution in [0.15, 0.2) is 66.2 Å². The fourth-order valence-electron chi connectivity index (χ4n) is 6.92. The fraction of sp³-hybridized carbons (Fsp3) is 0.421. The molecule has 0 radical (unpaired) electrons. The van der Waals surface area contributed by atoms with Crippen LogP contribution in [0.4, 0.5) is 4.79 Å². The second kappa shape index (κ2) is 13.1. The molecule has 0 aromatic heterocycles. The van der Waals surface area contributed by atoms with E-state index < -0.39 is 12.1 Å². The Hall–Kier alpha value is -4.10. The Morgan fingerprint density at radius 2 is 1.56 bits per heavy atom. The molecule has 2 N–H and O–H groups in total. The maximum atomic E-state index is 14.5. The summed E-state index contributed by atoms with van der Waals surface area (Å²) >= 11 is 0. The first-order chi connectivity index (χ1) is 21.7. The number of hydrogen-bond acceptors (Lipinski definition) is 4. The minimum atomic E-state index is -0.956. The lowest BCUT2D eigenvalue weighted by Crippen LogP contribution is -2.63. The lowest BCUT2D eigenvalue weighted by Gasteiger charge is -2.47. The molecule has 2 bridgehead atoms. The number of hydrogen-bond donors (Lipinski definition) is 2. The van der Waals surface area contributed by atoms with Gasteiger partial charge in [0.25, 0.3) is 5.91 Å². The molecule has 2 amide bonds. The van der Waals surface area contributed by atoms with E-state index in [-0.39, 0.29) is 18.0 Å². The first-order valence-electron chi connectivity index (χ1n) is 16.3. The van der Waals surface area contributed by atoms with Gasteiger partial charge in [-0.05, 0) is 92.3 Å². The van der Waals surface area contributed by atoms with Crippen molar-refractivity contribution in [2.45, 2.75) is 77.9 Å². The molecule has 1 saturated heterocycles. The van der Waals surface area contributed by atoms with Crippen LogP contribution in [0.25, 0.3) is 5.57 Å². The number of benzene rings is 3. The van der Waals surface area contributed by atoms with Crippen molar-refractivity contribution in [3.8, 4) is 5.75 Å². The summed E-state index contributed by atoms with van der Waals surface area (Å²) < 4.78 is 6.22. The van der Waals surface area contributed by atoms with Gasteiger partial charge < -0.3 is 20.1 Å². The van der Waals surface area contributed by atoms with Crippen molar-refractivity contribution >= 4 is 17.6 Å². The topological polar surface area (TPSA) is 82.1 Å². The molecule has 0 spiro atoms. The smallest absolute Gasteiger partial charge is 0.408 e. The van der Waals surface area contributed by atoms with Crippen molar-refractivity contribution < 1.29 is 19.4 Å². The number of carbonyl (C=O) groups excluding carboxylic acids is 1. The van der Waals surface area contributed by atoms with Gasteiger partial charge in [-0.1, -0.05) is 66.2 Å². The third-order valence-electron chi connectivity index (χ3n) is 9.82. The molecular weight excluding hydrogens is 562 g/mol. The normalized spacial score (nSPS) is 19.4. The average Bonchev–Trinajstić information content (AvgIpc) is 3.87. The summed E-state index contributed by atoms with van der Waals surface area (Å²) in [6.07, 6.45) is 3.10. The summed E-state index contributed by atoms with van der Waals surface area (Å²) in [6.45, 7) is 10.6. The van der Waals surface area contributed by atoms with Crippen molar-refractivity contribution in [2.75, 3.05) is 26.2 Å². The number of aryl methyl sites for hydroxylation is 3. The zero-order valence-corrected chi connectivity index (χ0v) is 26.9. The van der Waals surface area contributed by atoms with E-state index in [1.54, 1.807) is 0 Å². The van der Waals surface area contributed by atoms with Gasteiger partial charge in [0.05, 0.1) is 18.7 Å². The molecule has 2 atom stereocenters. The van der Waals surface area contributed by atoms with Crippen LogP contribution >= 0.6 is 0 Å². The molecular formula is C38H45N3O4. The van der Waals surface area contributed by atoms with Crippen molar-refractivity contribution in [2.24, 2.45) is 0 Å². The average molecular weight is 608 g/mol. The maximum absolute atomic E-state index is 14.5. The molecule has 3 aromatic carbocycles. The summed E-state index contributed by atoms with van der Waals surface area (Å²) in [6, 6.07) is 20.7. The molecule has 7 heteroatoms. The van der Waals surface area contributed by atoms with E-state index in [1.165, 1.54) is 27.2 Å². The van der Waals surface area contributed by atoms with Crippen LogP contribution in [0.5, 0.6) is 5.75 Å². The Bertz CT molecular complexity index is 1590. The largest absolute Gasteiger partial charge is 0.493 e. The molecule has 3 aliphatic rings. The number of carboxylic acid groups (broad SMARTS) is 1. The van der Waals surface area contributed by atoms with Crippen molar-refractivity contribution in [3.63, 3.8) is 0 Å². The van der Waals surface area contributed by atoms with E-state index in [1.807, 2.05) is 4.90 Å². The first kappa shape index (κ1) is 30.9. The Kier molecular flexibility index (Phi) is 8.99.